The number of methoxy groups -OCH3 is 2. The Bertz CT molecular complexity index is 1170. The minimum absolute atomic E-state index is 0.0677. The van der Waals surface area contributed by atoms with Crippen molar-refractivity contribution in [2.75, 3.05) is 53.7 Å². The highest BCUT2D eigenvalue weighted by Gasteiger charge is 2.32. The Balaban J connectivity index is 2.30. The van der Waals surface area contributed by atoms with Crippen LogP contribution in [0.25, 0.3) is 0 Å². The summed E-state index contributed by atoms with van der Waals surface area (Å²) in [5, 5.41) is 17.0. The van der Waals surface area contributed by atoms with Gasteiger partial charge >= 0.3 is 0 Å². The fourth-order valence-corrected chi connectivity index (χ4v) is 5.40. The lowest BCUT2D eigenvalue weighted by Crippen LogP contribution is -2.37. The highest BCUT2D eigenvalue weighted by Crippen LogP contribution is 2.28. The number of hydrogen-bond acceptors (Lipinski definition) is 10. The van der Waals surface area contributed by atoms with Crippen molar-refractivity contribution in [3.05, 3.63) is 58.5 Å². The molecule has 0 aromatic carbocycles. The molecule has 0 spiro atoms. The third-order valence-electron chi connectivity index (χ3n) is 8.04. The molecular formula is C35H55N3O8. The summed E-state index contributed by atoms with van der Waals surface area (Å²) < 4.78 is 22.4. The molecule has 0 saturated heterocycles. The standard InChI is InChI=1S/C35H55N3O8/c1-23-18-26(4)33(40)31(44-6)21-24(2)20-28-32(37-13-9-15-46-17-16-45-14-8-12-36)30(39)22-29(34(28)41)38-35(42)25(3)10-7-11-27(19-23)43-5/h7,10-11,18,22,24,26-27,31,33,37,40H,8-9,12-17,19-21,36H2,1-6H3,(H,38,42)/b11-7?,23-18-,25-10+/t24-,26+,27-,31+,33-/m0/s1. The monoisotopic (exact) mass is 645 g/mol. The largest absolute Gasteiger partial charge is 0.390 e. The summed E-state index contributed by atoms with van der Waals surface area (Å²) in [4.78, 5) is 40.1. The van der Waals surface area contributed by atoms with Crippen molar-refractivity contribution in [2.24, 2.45) is 17.6 Å². The lowest BCUT2D eigenvalue weighted by atomic mass is 9.85. The summed E-state index contributed by atoms with van der Waals surface area (Å²) in [6, 6.07) is 0. The van der Waals surface area contributed by atoms with Crippen molar-refractivity contribution >= 4 is 17.5 Å². The first kappa shape index (κ1) is 39.2. The van der Waals surface area contributed by atoms with Crippen LogP contribution in [0.1, 0.15) is 59.8 Å². The fraction of sp³-hybridized carbons (Fsp3) is 0.629. The zero-order valence-corrected chi connectivity index (χ0v) is 28.4. The van der Waals surface area contributed by atoms with E-state index >= 15 is 0 Å². The minimum atomic E-state index is -0.789. The van der Waals surface area contributed by atoms with Gasteiger partial charge in [0.1, 0.15) is 0 Å². The maximum atomic E-state index is 13.8. The van der Waals surface area contributed by atoms with Gasteiger partial charge in [0.05, 0.1) is 42.9 Å². The van der Waals surface area contributed by atoms with Crippen molar-refractivity contribution in [2.45, 2.75) is 78.1 Å². The number of carbonyl (C=O) groups excluding carboxylic acids is 3. The average molecular weight is 646 g/mol. The fourth-order valence-electron chi connectivity index (χ4n) is 5.40. The first-order valence-electron chi connectivity index (χ1n) is 16.2. The summed E-state index contributed by atoms with van der Waals surface area (Å²) in [6.45, 7) is 10.5. The zero-order chi connectivity index (χ0) is 34.1. The van der Waals surface area contributed by atoms with E-state index < -0.39 is 23.9 Å². The highest BCUT2D eigenvalue weighted by atomic mass is 16.5. The van der Waals surface area contributed by atoms with Gasteiger partial charge in [0.15, 0.2) is 0 Å². The third kappa shape index (κ3) is 13.1. The molecule has 5 N–H and O–H groups in total. The summed E-state index contributed by atoms with van der Waals surface area (Å²) >= 11 is 0. The van der Waals surface area contributed by atoms with Gasteiger partial charge in [-0.15, -0.1) is 0 Å². The van der Waals surface area contributed by atoms with E-state index in [1.54, 1.807) is 33.3 Å². The van der Waals surface area contributed by atoms with Gasteiger partial charge in [0.2, 0.25) is 11.6 Å². The van der Waals surface area contributed by atoms with Gasteiger partial charge < -0.3 is 40.4 Å². The van der Waals surface area contributed by atoms with Crippen molar-refractivity contribution in [3.63, 3.8) is 0 Å². The van der Waals surface area contributed by atoms with Gasteiger partial charge in [0, 0.05) is 57.1 Å². The van der Waals surface area contributed by atoms with Crippen molar-refractivity contribution in [1.82, 2.24) is 10.6 Å². The molecule has 0 saturated carbocycles. The molecule has 0 unspecified atom stereocenters. The summed E-state index contributed by atoms with van der Waals surface area (Å²) in [7, 11) is 3.18. The number of nitrogens with one attached hydrogen (secondary N) is 2. The van der Waals surface area contributed by atoms with E-state index in [0.29, 0.717) is 69.9 Å². The van der Waals surface area contributed by atoms with E-state index in [2.05, 4.69) is 10.6 Å². The number of rotatable bonds is 13. The molecule has 1 aliphatic heterocycles. The molecular weight excluding hydrogens is 590 g/mol. The van der Waals surface area contributed by atoms with E-state index in [0.717, 1.165) is 12.0 Å². The minimum Gasteiger partial charge on any atom is -0.390 e. The van der Waals surface area contributed by atoms with Gasteiger partial charge in [-0.2, -0.15) is 0 Å². The van der Waals surface area contributed by atoms with Gasteiger partial charge in [-0.25, -0.2) is 0 Å². The molecule has 1 heterocycles. The molecule has 2 bridgehead atoms. The van der Waals surface area contributed by atoms with E-state index in [9.17, 15) is 19.5 Å². The molecule has 5 atom stereocenters. The average Bonchev–Trinajstić information content (AvgIpc) is 3.02. The number of amides is 1. The number of nitrogens with two attached hydrogens (primary N) is 1. The molecule has 0 fully saturated rings. The number of carbonyl (C=O) groups is 3. The Hall–Kier alpha value is -2.93. The lowest BCUT2D eigenvalue weighted by Gasteiger charge is -2.29. The lowest BCUT2D eigenvalue weighted by molar-refractivity contribution is -0.120. The third-order valence-corrected chi connectivity index (χ3v) is 8.04. The maximum absolute atomic E-state index is 13.8. The molecule has 0 radical (unpaired) electrons. The van der Waals surface area contributed by atoms with Gasteiger partial charge in [-0.05, 0) is 58.4 Å². The second-order valence-electron chi connectivity index (χ2n) is 12.1. The van der Waals surface area contributed by atoms with Gasteiger partial charge in [-0.1, -0.05) is 43.7 Å². The number of hydrogen-bond donors (Lipinski definition) is 4. The van der Waals surface area contributed by atoms with Crippen LogP contribution in [0.15, 0.2) is 58.5 Å². The van der Waals surface area contributed by atoms with Crippen LogP contribution in [0, 0.1) is 11.8 Å². The zero-order valence-electron chi connectivity index (χ0n) is 28.4. The van der Waals surface area contributed by atoms with Crippen LogP contribution in [0.2, 0.25) is 0 Å². The summed E-state index contributed by atoms with van der Waals surface area (Å²) in [6.07, 6.45) is 9.61. The first-order chi connectivity index (χ1) is 22.0. The molecule has 0 aromatic heterocycles. The predicted molar refractivity (Wildman–Crippen MR) is 178 cm³/mol. The van der Waals surface area contributed by atoms with Crippen LogP contribution in [0.3, 0.4) is 0 Å². The second-order valence-corrected chi connectivity index (χ2v) is 12.1. The molecule has 258 valence electrons. The molecule has 2 rings (SSSR count). The van der Waals surface area contributed by atoms with Gasteiger partial charge in [0.25, 0.3) is 5.91 Å². The normalized spacial score (nSPS) is 27.9. The molecule has 11 heteroatoms. The number of ether oxygens (including phenoxy) is 4. The molecule has 11 nitrogen and oxygen atoms in total. The van der Waals surface area contributed by atoms with Crippen LogP contribution in [0.5, 0.6) is 0 Å². The summed E-state index contributed by atoms with van der Waals surface area (Å²) in [5.74, 6) is -1.63. The van der Waals surface area contributed by atoms with E-state index in [1.165, 1.54) is 6.08 Å². The molecule has 0 aromatic rings. The first-order valence-corrected chi connectivity index (χ1v) is 16.2. The number of aliphatic hydroxyl groups excluding tert-OH is 1. The van der Waals surface area contributed by atoms with Crippen LogP contribution in [0.4, 0.5) is 0 Å². The van der Waals surface area contributed by atoms with Crippen LogP contribution in [-0.4, -0.2) is 94.6 Å². The van der Waals surface area contributed by atoms with Crippen molar-refractivity contribution in [3.8, 4) is 0 Å². The SMILES string of the molecule is CO[C@H]1C=C/C=C(\C)C(=O)NC2=CC(=O)C(NCCCOCCOCCCN)=C(C[C@H](C)C[C@@H](OC)[C@@H](O)[C@H](C)/C=C(/C)C1)C2=O. The molecule has 1 aliphatic carbocycles. The summed E-state index contributed by atoms with van der Waals surface area (Å²) in [5.41, 5.74) is 7.31. The van der Waals surface area contributed by atoms with E-state index in [1.807, 2.05) is 32.9 Å². The number of ketones is 2. The predicted octanol–water partition coefficient (Wildman–Crippen LogP) is 3.05. The van der Waals surface area contributed by atoms with E-state index in [4.69, 9.17) is 24.7 Å². The maximum Gasteiger partial charge on any atom is 0.251 e. The van der Waals surface area contributed by atoms with Crippen LogP contribution < -0.4 is 16.4 Å². The number of Topliss-reactive ketones (excluding diaryl/α,β-unsaturated/α-hetero) is 1. The number of allylic oxidation sites excluding steroid dienone is 4. The number of fused-ring (bicyclic) bond motifs is 2. The Morgan fingerprint density at radius 2 is 1.70 bits per heavy atom. The number of aliphatic hydroxyl groups is 1. The van der Waals surface area contributed by atoms with Gasteiger partial charge in [-0.3, -0.25) is 14.4 Å². The molecule has 46 heavy (non-hydrogen) atoms. The van der Waals surface area contributed by atoms with Crippen LogP contribution >= 0.6 is 0 Å². The topological polar surface area (TPSA) is 158 Å². The smallest absolute Gasteiger partial charge is 0.251 e. The highest BCUT2D eigenvalue weighted by molar-refractivity contribution is 6.23. The molecule has 2 aliphatic rings. The quantitative estimate of drug-likeness (QED) is 0.133. The molecule has 1 amide bonds. The Kier molecular flexibility index (Phi) is 18.0. The Morgan fingerprint density at radius 3 is 2.35 bits per heavy atom. The Morgan fingerprint density at radius 1 is 1.00 bits per heavy atom. The van der Waals surface area contributed by atoms with Crippen molar-refractivity contribution in [1.29, 1.82) is 0 Å². The Labute approximate surface area is 274 Å². The van der Waals surface area contributed by atoms with Crippen molar-refractivity contribution < 1.29 is 38.4 Å². The second kappa shape index (κ2) is 21.0. The van der Waals surface area contributed by atoms with Crippen LogP contribution in [-0.2, 0) is 33.3 Å². The van der Waals surface area contributed by atoms with E-state index in [-0.39, 0.29) is 41.5 Å².